The Kier molecular flexibility index (Phi) is 5.71. The molecule has 0 aliphatic heterocycles. The number of aromatic nitrogens is 2. The third kappa shape index (κ3) is 5.82. The molecule has 118 valence electrons. The smallest absolute Gasteiger partial charge is 0.410 e. The highest BCUT2D eigenvalue weighted by Crippen LogP contribution is 2.10. The maximum Gasteiger partial charge on any atom is 0.410 e. The van der Waals surface area contributed by atoms with Crippen molar-refractivity contribution in [3.05, 3.63) is 18.2 Å². The Labute approximate surface area is 123 Å². The first-order chi connectivity index (χ1) is 9.73. The molecule has 0 radical (unpaired) electrons. The molecule has 1 rings (SSSR count). The van der Waals surface area contributed by atoms with Gasteiger partial charge in [0.15, 0.2) is 0 Å². The normalized spacial score (nSPS) is 11.2. The molecule has 0 fully saturated rings. The van der Waals surface area contributed by atoms with E-state index in [9.17, 15) is 9.59 Å². The van der Waals surface area contributed by atoms with E-state index in [4.69, 9.17) is 15.6 Å². The van der Waals surface area contributed by atoms with Crippen LogP contribution in [0.2, 0.25) is 0 Å². The average Bonchev–Trinajstić information content (AvgIpc) is 2.81. The average molecular weight is 298 g/mol. The number of nitrogens with zero attached hydrogens (tertiary/aromatic N) is 3. The van der Waals surface area contributed by atoms with E-state index in [-0.39, 0.29) is 18.8 Å². The molecule has 3 N–H and O–H groups in total. The van der Waals surface area contributed by atoms with Crippen LogP contribution in [-0.4, -0.2) is 56.9 Å². The van der Waals surface area contributed by atoms with Gasteiger partial charge in [-0.15, -0.1) is 0 Å². The Balaban J connectivity index is 2.61. The maximum atomic E-state index is 12.0. The Bertz CT molecular complexity index is 493. The van der Waals surface area contributed by atoms with Crippen LogP contribution < -0.4 is 5.73 Å². The van der Waals surface area contributed by atoms with Gasteiger partial charge in [-0.3, -0.25) is 4.79 Å². The fourth-order valence-electron chi connectivity index (χ4n) is 1.59. The van der Waals surface area contributed by atoms with E-state index in [0.717, 1.165) is 0 Å². The Morgan fingerprint density at radius 2 is 2.10 bits per heavy atom. The number of carbonyl (C=O) groups is 2. The highest BCUT2D eigenvalue weighted by atomic mass is 16.6. The minimum absolute atomic E-state index is 0.157. The van der Waals surface area contributed by atoms with Crippen molar-refractivity contribution >= 4 is 12.0 Å². The lowest BCUT2D eigenvalue weighted by Crippen LogP contribution is -2.40. The third-order valence-electron chi connectivity index (χ3n) is 2.54. The standard InChI is InChI=1S/C13H22N4O4/c1-13(2,3)21-12(20)17(6-7-18)5-4-16-8-10(11(14)19)15-9-16/h8-9,18H,4-7H2,1-3H3,(H2,14,19). The zero-order valence-corrected chi connectivity index (χ0v) is 12.6. The maximum absolute atomic E-state index is 12.0. The van der Waals surface area contributed by atoms with Crippen molar-refractivity contribution in [1.29, 1.82) is 0 Å². The highest BCUT2D eigenvalue weighted by Gasteiger charge is 2.21. The van der Waals surface area contributed by atoms with E-state index in [1.54, 1.807) is 25.3 Å². The summed E-state index contributed by atoms with van der Waals surface area (Å²) in [6, 6.07) is 0. The van der Waals surface area contributed by atoms with Crippen molar-refractivity contribution < 1.29 is 19.4 Å². The Hall–Kier alpha value is -2.09. The molecule has 2 amide bonds. The van der Waals surface area contributed by atoms with E-state index < -0.39 is 17.6 Å². The summed E-state index contributed by atoms with van der Waals surface area (Å²) in [6.45, 7) is 6.08. The molecule has 0 aliphatic rings. The van der Waals surface area contributed by atoms with Crippen LogP contribution in [0.3, 0.4) is 0 Å². The third-order valence-corrected chi connectivity index (χ3v) is 2.54. The number of nitrogens with two attached hydrogens (primary N) is 1. The number of carbonyl (C=O) groups excluding carboxylic acids is 2. The van der Waals surface area contributed by atoms with Gasteiger partial charge in [-0.2, -0.15) is 0 Å². The zero-order valence-electron chi connectivity index (χ0n) is 12.6. The van der Waals surface area contributed by atoms with Crippen LogP contribution >= 0.6 is 0 Å². The number of hydrogen-bond acceptors (Lipinski definition) is 5. The van der Waals surface area contributed by atoms with Gasteiger partial charge < -0.3 is 25.0 Å². The number of amides is 2. The summed E-state index contributed by atoms with van der Waals surface area (Å²) in [5.74, 6) is -0.604. The van der Waals surface area contributed by atoms with Gasteiger partial charge in [0.1, 0.15) is 11.3 Å². The molecular formula is C13H22N4O4. The van der Waals surface area contributed by atoms with Gasteiger partial charge in [-0.1, -0.05) is 0 Å². The molecule has 0 unspecified atom stereocenters. The summed E-state index contributed by atoms with van der Waals surface area (Å²) < 4.78 is 6.91. The molecule has 0 aliphatic carbocycles. The minimum atomic E-state index is -0.604. The van der Waals surface area contributed by atoms with Gasteiger partial charge in [-0.25, -0.2) is 9.78 Å². The molecule has 8 nitrogen and oxygen atoms in total. The van der Waals surface area contributed by atoms with E-state index in [0.29, 0.717) is 13.1 Å². The molecule has 1 aromatic rings. The summed E-state index contributed by atoms with van der Waals surface area (Å²) in [4.78, 5) is 28.2. The number of ether oxygens (including phenoxy) is 1. The Morgan fingerprint density at radius 3 is 2.57 bits per heavy atom. The predicted octanol–water partition coefficient (Wildman–Crippen LogP) is 0.211. The second-order valence-electron chi connectivity index (χ2n) is 5.55. The van der Waals surface area contributed by atoms with Crippen LogP contribution in [-0.2, 0) is 11.3 Å². The minimum Gasteiger partial charge on any atom is -0.444 e. The number of primary amides is 1. The van der Waals surface area contributed by atoms with E-state index in [2.05, 4.69) is 4.98 Å². The highest BCUT2D eigenvalue weighted by molar-refractivity contribution is 5.90. The fourth-order valence-corrected chi connectivity index (χ4v) is 1.59. The summed E-state index contributed by atoms with van der Waals surface area (Å²) >= 11 is 0. The van der Waals surface area contributed by atoms with Crippen molar-refractivity contribution in [2.75, 3.05) is 19.7 Å². The van der Waals surface area contributed by atoms with Crippen LogP contribution in [0.4, 0.5) is 4.79 Å². The molecule has 0 atom stereocenters. The monoisotopic (exact) mass is 298 g/mol. The van der Waals surface area contributed by atoms with Crippen LogP contribution in [0.1, 0.15) is 31.3 Å². The molecule has 0 aromatic carbocycles. The lowest BCUT2D eigenvalue weighted by molar-refractivity contribution is 0.0212. The van der Waals surface area contributed by atoms with Gasteiger partial charge in [0.05, 0.1) is 12.9 Å². The van der Waals surface area contributed by atoms with Crippen molar-refractivity contribution in [3.8, 4) is 0 Å². The lowest BCUT2D eigenvalue weighted by Gasteiger charge is -2.27. The summed E-state index contributed by atoms with van der Waals surface area (Å²) in [7, 11) is 0. The molecule has 0 saturated heterocycles. The molecule has 21 heavy (non-hydrogen) atoms. The number of imidazole rings is 1. The van der Waals surface area contributed by atoms with Gasteiger partial charge >= 0.3 is 6.09 Å². The number of hydrogen-bond donors (Lipinski definition) is 2. The van der Waals surface area contributed by atoms with Gasteiger partial charge in [-0.05, 0) is 20.8 Å². The zero-order chi connectivity index (χ0) is 16.0. The second kappa shape index (κ2) is 7.07. The van der Waals surface area contributed by atoms with E-state index in [1.807, 2.05) is 0 Å². The summed E-state index contributed by atoms with van der Waals surface area (Å²) in [6.07, 6.45) is 2.48. The first kappa shape index (κ1) is 17.0. The molecule has 0 spiro atoms. The van der Waals surface area contributed by atoms with E-state index in [1.165, 1.54) is 17.4 Å². The lowest BCUT2D eigenvalue weighted by atomic mass is 10.2. The fraction of sp³-hybridized carbons (Fsp3) is 0.615. The molecule has 1 heterocycles. The molecule has 0 bridgehead atoms. The number of aliphatic hydroxyl groups excluding tert-OH is 1. The predicted molar refractivity (Wildman–Crippen MR) is 75.6 cm³/mol. The Morgan fingerprint density at radius 1 is 1.43 bits per heavy atom. The van der Waals surface area contributed by atoms with Gasteiger partial charge in [0.2, 0.25) is 0 Å². The van der Waals surface area contributed by atoms with Gasteiger partial charge in [0, 0.05) is 25.8 Å². The molecule has 8 heteroatoms. The first-order valence-electron chi connectivity index (χ1n) is 6.63. The van der Waals surface area contributed by atoms with Crippen molar-refractivity contribution in [2.24, 2.45) is 5.73 Å². The number of aliphatic hydroxyl groups is 1. The quantitative estimate of drug-likeness (QED) is 0.780. The van der Waals surface area contributed by atoms with Crippen LogP contribution in [0.25, 0.3) is 0 Å². The van der Waals surface area contributed by atoms with Crippen LogP contribution in [0.15, 0.2) is 12.5 Å². The molecule has 1 aromatic heterocycles. The first-order valence-corrected chi connectivity index (χ1v) is 6.63. The van der Waals surface area contributed by atoms with Gasteiger partial charge in [0.25, 0.3) is 5.91 Å². The van der Waals surface area contributed by atoms with E-state index >= 15 is 0 Å². The molecule has 0 saturated carbocycles. The summed E-state index contributed by atoms with van der Waals surface area (Å²) in [5.41, 5.74) is 4.69. The SMILES string of the molecule is CC(C)(C)OC(=O)N(CCO)CCn1cnc(C(N)=O)c1. The topological polar surface area (TPSA) is 111 Å². The van der Waals surface area contributed by atoms with Crippen molar-refractivity contribution in [1.82, 2.24) is 14.5 Å². The largest absolute Gasteiger partial charge is 0.444 e. The van der Waals surface area contributed by atoms with Crippen molar-refractivity contribution in [2.45, 2.75) is 32.9 Å². The molecular weight excluding hydrogens is 276 g/mol. The van der Waals surface area contributed by atoms with Crippen molar-refractivity contribution in [3.63, 3.8) is 0 Å². The van der Waals surface area contributed by atoms with Crippen LogP contribution in [0, 0.1) is 0 Å². The summed E-state index contributed by atoms with van der Waals surface area (Å²) in [5, 5.41) is 9.03. The number of rotatable bonds is 6. The van der Waals surface area contributed by atoms with Crippen LogP contribution in [0.5, 0.6) is 0 Å². The second-order valence-corrected chi connectivity index (χ2v) is 5.55.